The zero-order valence-corrected chi connectivity index (χ0v) is 21.2. The molecule has 180 valence electrons. The van der Waals surface area contributed by atoms with Crippen molar-refractivity contribution in [2.75, 3.05) is 25.1 Å². The Balaban J connectivity index is 0.000000357. The Labute approximate surface area is 205 Å². The highest BCUT2D eigenvalue weighted by molar-refractivity contribution is 9.09. The molecule has 0 saturated carbocycles. The van der Waals surface area contributed by atoms with Crippen LogP contribution in [0.5, 0.6) is 0 Å². The summed E-state index contributed by atoms with van der Waals surface area (Å²) in [6, 6.07) is 19.0. The van der Waals surface area contributed by atoms with Crippen LogP contribution in [0, 0.1) is 12.8 Å². The number of hydrogen-bond donors (Lipinski definition) is 1. The minimum absolute atomic E-state index is 0.0618. The van der Waals surface area contributed by atoms with Gasteiger partial charge in [0.15, 0.2) is 0 Å². The van der Waals surface area contributed by atoms with Crippen LogP contribution >= 0.6 is 15.9 Å². The SMILES string of the molecule is CCOC(=O)[C@H](C)CCNC(=O)CCC(=O)OCCBr.Cc1ccc(-c2ccccc2)cc1. The van der Waals surface area contributed by atoms with Crippen LogP contribution in [0.3, 0.4) is 0 Å². The molecule has 0 aliphatic heterocycles. The molecule has 0 saturated heterocycles. The number of carbonyl (C=O) groups excluding carboxylic acids is 3. The van der Waals surface area contributed by atoms with Gasteiger partial charge in [-0.1, -0.05) is 83.0 Å². The Kier molecular flexibility index (Phi) is 14.5. The van der Waals surface area contributed by atoms with Crippen molar-refractivity contribution in [1.29, 1.82) is 0 Å². The summed E-state index contributed by atoms with van der Waals surface area (Å²) in [6.45, 7) is 6.65. The summed E-state index contributed by atoms with van der Waals surface area (Å²) < 4.78 is 9.68. The van der Waals surface area contributed by atoms with Crippen molar-refractivity contribution >= 4 is 33.8 Å². The van der Waals surface area contributed by atoms with Crippen molar-refractivity contribution in [3.05, 3.63) is 60.2 Å². The summed E-state index contributed by atoms with van der Waals surface area (Å²) >= 11 is 3.13. The van der Waals surface area contributed by atoms with E-state index in [9.17, 15) is 14.4 Å². The van der Waals surface area contributed by atoms with Crippen molar-refractivity contribution in [3.8, 4) is 11.1 Å². The first kappa shape index (κ1) is 28.4. The van der Waals surface area contributed by atoms with E-state index < -0.39 is 0 Å². The molecule has 7 heteroatoms. The molecule has 0 aliphatic rings. The Morgan fingerprint density at radius 2 is 1.58 bits per heavy atom. The number of carbonyl (C=O) groups is 3. The summed E-state index contributed by atoms with van der Waals surface area (Å²) in [5.41, 5.74) is 3.87. The molecule has 0 bridgehead atoms. The smallest absolute Gasteiger partial charge is 0.308 e. The predicted molar refractivity (Wildman–Crippen MR) is 134 cm³/mol. The van der Waals surface area contributed by atoms with Crippen molar-refractivity contribution < 1.29 is 23.9 Å². The van der Waals surface area contributed by atoms with Crippen LogP contribution in [-0.2, 0) is 23.9 Å². The van der Waals surface area contributed by atoms with Gasteiger partial charge >= 0.3 is 11.9 Å². The van der Waals surface area contributed by atoms with Crippen molar-refractivity contribution in [2.24, 2.45) is 5.92 Å². The summed E-state index contributed by atoms with van der Waals surface area (Å²) in [5.74, 6) is -1.13. The van der Waals surface area contributed by atoms with E-state index in [4.69, 9.17) is 9.47 Å². The maximum absolute atomic E-state index is 11.5. The average molecular weight is 520 g/mol. The number of rotatable bonds is 11. The molecule has 2 aromatic carbocycles. The summed E-state index contributed by atoms with van der Waals surface area (Å²) in [7, 11) is 0. The van der Waals surface area contributed by atoms with Crippen LogP contribution in [0.4, 0.5) is 0 Å². The largest absolute Gasteiger partial charge is 0.466 e. The van der Waals surface area contributed by atoms with Crippen LogP contribution in [0.15, 0.2) is 54.6 Å². The molecule has 0 unspecified atom stereocenters. The van der Waals surface area contributed by atoms with E-state index in [1.165, 1.54) is 16.7 Å². The lowest BCUT2D eigenvalue weighted by Gasteiger charge is -2.10. The zero-order valence-electron chi connectivity index (χ0n) is 19.6. The average Bonchev–Trinajstić information content (AvgIpc) is 2.83. The second kappa shape index (κ2) is 16.9. The fourth-order valence-electron chi connectivity index (χ4n) is 2.74. The molecule has 33 heavy (non-hydrogen) atoms. The number of nitrogens with one attached hydrogen (secondary N) is 1. The Hall–Kier alpha value is -2.67. The van der Waals surface area contributed by atoms with Gasteiger partial charge in [-0.05, 0) is 31.4 Å². The van der Waals surface area contributed by atoms with E-state index in [0.717, 1.165) is 0 Å². The van der Waals surface area contributed by atoms with Crippen LogP contribution in [0.2, 0.25) is 0 Å². The fourth-order valence-corrected chi connectivity index (χ4v) is 2.90. The van der Waals surface area contributed by atoms with Gasteiger partial charge < -0.3 is 14.8 Å². The van der Waals surface area contributed by atoms with Gasteiger partial charge in [-0.15, -0.1) is 0 Å². The van der Waals surface area contributed by atoms with Gasteiger partial charge in [0.05, 0.1) is 18.9 Å². The number of benzene rings is 2. The highest BCUT2D eigenvalue weighted by atomic mass is 79.9. The molecule has 0 aromatic heterocycles. The van der Waals surface area contributed by atoms with E-state index >= 15 is 0 Å². The van der Waals surface area contributed by atoms with Gasteiger partial charge in [-0.25, -0.2) is 0 Å². The molecule has 0 aliphatic carbocycles. The number of amides is 1. The van der Waals surface area contributed by atoms with E-state index in [1.54, 1.807) is 13.8 Å². The van der Waals surface area contributed by atoms with E-state index in [2.05, 4.69) is 76.7 Å². The molecule has 0 spiro atoms. The third-order valence-electron chi connectivity index (χ3n) is 4.64. The molecule has 0 heterocycles. The van der Waals surface area contributed by atoms with Crippen LogP contribution in [0.1, 0.15) is 38.7 Å². The third-order valence-corrected chi connectivity index (χ3v) is 4.97. The minimum Gasteiger partial charge on any atom is -0.466 e. The quantitative estimate of drug-likeness (QED) is 0.331. The lowest BCUT2D eigenvalue weighted by atomic mass is 10.0. The molecule has 0 radical (unpaired) electrons. The first-order valence-corrected chi connectivity index (χ1v) is 12.3. The zero-order chi connectivity index (χ0) is 24.5. The summed E-state index contributed by atoms with van der Waals surface area (Å²) in [5, 5.41) is 3.24. The highest BCUT2D eigenvalue weighted by Gasteiger charge is 2.14. The minimum atomic E-state index is -0.389. The van der Waals surface area contributed by atoms with E-state index in [0.29, 0.717) is 31.5 Å². The first-order valence-electron chi connectivity index (χ1n) is 11.1. The molecule has 0 fully saturated rings. The fraction of sp³-hybridized carbons (Fsp3) is 0.423. The number of alkyl halides is 1. The van der Waals surface area contributed by atoms with Crippen molar-refractivity contribution in [2.45, 2.75) is 40.0 Å². The normalized spacial score (nSPS) is 10.9. The van der Waals surface area contributed by atoms with Crippen molar-refractivity contribution in [3.63, 3.8) is 0 Å². The second-order valence-corrected chi connectivity index (χ2v) is 8.23. The molecule has 2 rings (SSSR count). The first-order chi connectivity index (χ1) is 15.9. The highest BCUT2D eigenvalue weighted by Crippen LogP contribution is 2.18. The topological polar surface area (TPSA) is 81.7 Å². The Morgan fingerprint density at radius 3 is 2.18 bits per heavy atom. The van der Waals surface area contributed by atoms with Gasteiger partial charge in [-0.2, -0.15) is 0 Å². The third kappa shape index (κ3) is 12.8. The molecule has 1 amide bonds. The van der Waals surface area contributed by atoms with Crippen LogP contribution in [0.25, 0.3) is 11.1 Å². The molecular weight excluding hydrogens is 486 g/mol. The monoisotopic (exact) mass is 519 g/mol. The van der Waals surface area contributed by atoms with Crippen LogP contribution in [-0.4, -0.2) is 42.9 Å². The van der Waals surface area contributed by atoms with Crippen molar-refractivity contribution in [1.82, 2.24) is 5.32 Å². The van der Waals surface area contributed by atoms with Gasteiger partial charge in [0, 0.05) is 18.3 Å². The number of hydrogen-bond acceptors (Lipinski definition) is 5. The predicted octanol–water partition coefficient (Wildman–Crippen LogP) is 5.07. The maximum atomic E-state index is 11.5. The molecule has 1 atom stereocenters. The Morgan fingerprint density at radius 1 is 0.939 bits per heavy atom. The number of aryl methyl sites for hydroxylation is 1. The van der Waals surface area contributed by atoms with Gasteiger partial charge in [-0.3, -0.25) is 14.4 Å². The molecule has 6 nitrogen and oxygen atoms in total. The van der Waals surface area contributed by atoms with Gasteiger partial charge in [0.25, 0.3) is 0 Å². The standard InChI is InChI=1S/C13H22BrNO5.C13H12/c1-3-19-13(18)10(2)6-8-15-11(16)4-5-12(17)20-9-7-14;1-11-7-9-13(10-8-11)12-5-3-2-4-6-12/h10H,3-9H2,1-2H3,(H,15,16);2-10H,1H3/t10-;/m1./s1. The maximum Gasteiger partial charge on any atom is 0.308 e. The molecule has 1 N–H and O–H groups in total. The van der Waals surface area contributed by atoms with Gasteiger partial charge in [0.1, 0.15) is 6.61 Å². The van der Waals surface area contributed by atoms with E-state index in [-0.39, 0.29) is 36.6 Å². The second-order valence-electron chi connectivity index (χ2n) is 7.43. The van der Waals surface area contributed by atoms with E-state index in [1.807, 2.05) is 6.07 Å². The van der Waals surface area contributed by atoms with Crippen LogP contribution < -0.4 is 5.32 Å². The Bertz CT molecular complexity index is 840. The number of ether oxygens (including phenoxy) is 2. The lowest BCUT2D eigenvalue weighted by molar-refractivity contribution is -0.147. The molecular formula is C26H34BrNO5. The molecule has 2 aromatic rings. The summed E-state index contributed by atoms with van der Waals surface area (Å²) in [4.78, 5) is 34.0. The summed E-state index contributed by atoms with van der Waals surface area (Å²) in [6.07, 6.45) is 0.666. The van der Waals surface area contributed by atoms with Gasteiger partial charge in [0.2, 0.25) is 5.91 Å². The number of halogens is 1. The lowest BCUT2D eigenvalue weighted by Crippen LogP contribution is -2.28. The number of esters is 2.